The number of nitrogens with zero attached hydrogens (tertiary/aromatic N) is 2. The van der Waals surface area contributed by atoms with Gasteiger partial charge in [0.25, 0.3) is 0 Å². The normalized spacial score (nSPS) is 19.3. The summed E-state index contributed by atoms with van der Waals surface area (Å²) in [5, 5.41) is 3.37. The molecule has 4 nitrogen and oxygen atoms in total. The fourth-order valence-electron chi connectivity index (χ4n) is 2.95. The van der Waals surface area contributed by atoms with Gasteiger partial charge in [-0.1, -0.05) is 0 Å². The Morgan fingerprint density at radius 1 is 1.38 bits per heavy atom. The molecule has 1 aromatic carbocycles. The third kappa shape index (κ3) is 2.91. The number of hydrogen-bond donors (Lipinski definition) is 1. The van der Waals surface area contributed by atoms with Crippen molar-refractivity contribution < 1.29 is 13.5 Å². The lowest BCUT2D eigenvalue weighted by Gasteiger charge is -2.24. The summed E-state index contributed by atoms with van der Waals surface area (Å²) in [6, 6.07) is 2.38. The van der Waals surface area contributed by atoms with E-state index in [9.17, 15) is 8.78 Å². The van der Waals surface area contributed by atoms with Gasteiger partial charge in [0.1, 0.15) is 12.4 Å². The fraction of sp³-hybridized carbons (Fsp3) is 0.533. The molecule has 2 heterocycles. The highest BCUT2D eigenvalue weighted by Gasteiger charge is 2.19. The SMILES string of the molecule is COCc1nc2cc(F)c(F)cc2n1CC1CCCNC1. The highest BCUT2D eigenvalue weighted by atomic mass is 19.2. The molecule has 21 heavy (non-hydrogen) atoms. The number of fused-ring (bicyclic) bond motifs is 1. The number of imidazole rings is 1. The van der Waals surface area contributed by atoms with Gasteiger partial charge in [0.05, 0.1) is 11.0 Å². The molecule has 1 aliphatic heterocycles. The maximum Gasteiger partial charge on any atom is 0.161 e. The van der Waals surface area contributed by atoms with Crippen molar-refractivity contribution in [3.63, 3.8) is 0 Å². The van der Waals surface area contributed by atoms with Crippen LogP contribution in [0.2, 0.25) is 0 Å². The Morgan fingerprint density at radius 3 is 2.90 bits per heavy atom. The first kappa shape index (κ1) is 14.4. The molecule has 0 bridgehead atoms. The van der Waals surface area contributed by atoms with Crippen LogP contribution in [-0.2, 0) is 17.9 Å². The third-order valence-corrected chi connectivity index (χ3v) is 3.98. The molecule has 6 heteroatoms. The van der Waals surface area contributed by atoms with E-state index >= 15 is 0 Å². The summed E-state index contributed by atoms with van der Waals surface area (Å²) < 4.78 is 34.0. The number of nitrogens with one attached hydrogen (secondary N) is 1. The van der Waals surface area contributed by atoms with Crippen LogP contribution >= 0.6 is 0 Å². The number of halogens is 2. The Balaban J connectivity index is 2.00. The molecule has 1 fully saturated rings. The van der Waals surface area contributed by atoms with Crippen LogP contribution in [0, 0.1) is 17.6 Å². The van der Waals surface area contributed by atoms with E-state index < -0.39 is 11.6 Å². The number of hydrogen-bond acceptors (Lipinski definition) is 3. The number of ether oxygens (including phenoxy) is 1. The summed E-state index contributed by atoms with van der Waals surface area (Å²) in [4.78, 5) is 4.38. The number of aromatic nitrogens is 2. The fourth-order valence-corrected chi connectivity index (χ4v) is 2.95. The average molecular weight is 295 g/mol. The summed E-state index contributed by atoms with van der Waals surface area (Å²) in [5.41, 5.74) is 1.11. The van der Waals surface area contributed by atoms with Gasteiger partial charge < -0.3 is 14.6 Å². The zero-order chi connectivity index (χ0) is 14.8. The smallest absolute Gasteiger partial charge is 0.161 e. The van der Waals surface area contributed by atoms with Gasteiger partial charge in [0, 0.05) is 25.8 Å². The van der Waals surface area contributed by atoms with Crippen LogP contribution in [0.25, 0.3) is 11.0 Å². The van der Waals surface area contributed by atoms with E-state index in [0.717, 1.165) is 38.5 Å². The molecule has 0 radical (unpaired) electrons. The van der Waals surface area contributed by atoms with Gasteiger partial charge in [-0.05, 0) is 31.8 Å². The minimum absolute atomic E-state index is 0.331. The second kappa shape index (κ2) is 6.07. The zero-order valence-corrected chi connectivity index (χ0v) is 12.0. The summed E-state index contributed by atoms with van der Waals surface area (Å²) in [7, 11) is 1.59. The van der Waals surface area contributed by atoms with Crippen LogP contribution in [0.4, 0.5) is 8.78 Å². The molecule has 2 aromatic rings. The second-order valence-corrected chi connectivity index (χ2v) is 5.54. The van der Waals surface area contributed by atoms with Crippen molar-refractivity contribution >= 4 is 11.0 Å². The van der Waals surface area contributed by atoms with Crippen molar-refractivity contribution in [3.8, 4) is 0 Å². The summed E-state index contributed by atoms with van der Waals surface area (Å²) in [6.07, 6.45) is 2.27. The molecule has 0 spiro atoms. The lowest BCUT2D eigenvalue weighted by atomic mass is 9.99. The summed E-state index contributed by atoms with van der Waals surface area (Å²) in [6.45, 7) is 3.06. The van der Waals surface area contributed by atoms with Gasteiger partial charge >= 0.3 is 0 Å². The minimum Gasteiger partial charge on any atom is -0.377 e. The molecular formula is C15H19F2N3O. The largest absolute Gasteiger partial charge is 0.377 e. The lowest BCUT2D eigenvalue weighted by Crippen LogP contribution is -2.32. The van der Waals surface area contributed by atoms with Gasteiger partial charge in [-0.15, -0.1) is 0 Å². The Labute approximate surface area is 122 Å². The molecule has 0 saturated carbocycles. The molecule has 1 aliphatic rings. The van der Waals surface area contributed by atoms with Gasteiger partial charge in [0.2, 0.25) is 0 Å². The molecular weight excluding hydrogens is 276 g/mol. The maximum atomic E-state index is 13.5. The van der Waals surface area contributed by atoms with Gasteiger partial charge in [-0.25, -0.2) is 13.8 Å². The minimum atomic E-state index is -0.865. The zero-order valence-electron chi connectivity index (χ0n) is 12.0. The predicted molar refractivity (Wildman–Crippen MR) is 76.0 cm³/mol. The standard InChI is InChI=1S/C15H19F2N3O/c1-21-9-15-19-13-5-11(16)12(17)6-14(13)20(15)8-10-3-2-4-18-7-10/h5-6,10,18H,2-4,7-9H2,1H3. The van der Waals surface area contributed by atoms with Crippen LogP contribution < -0.4 is 5.32 Å². The topological polar surface area (TPSA) is 39.1 Å². The van der Waals surface area contributed by atoms with Crippen LogP contribution in [-0.4, -0.2) is 29.8 Å². The van der Waals surface area contributed by atoms with Crippen molar-refractivity contribution in [1.29, 1.82) is 0 Å². The Morgan fingerprint density at radius 2 is 2.19 bits per heavy atom. The third-order valence-electron chi connectivity index (χ3n) is 3.98. The molecule has 114 valence electrons. The first-order chi connectivity index (χ1) is 10.2. The first-order valence-electron chi connectivity index (χ1n) is 7.23. The number of rotatable bonds is 4. The number of methoxy groups -OCH3 is 1. The Bertz CT molecular complexity index is 635. The Hall–Kier alpha value is -1.53. The monoisotopic (exact) mass is 295 g/mol. The summed E-state index contributed by atoms with van der Waals surface area (Å²) in [5.74, 6) is -0.521. The number of piperidine rings is 1. The van der Waals surface area contributed by atoms with Crippen molar-refractivity contribution in [3.05, 3.63) is 29.6 Å². The lowest BCUT2D eigenvalue weighted by molar-refractivity contribution is 0.172. The van der Waals surface area contributed by atoms with Crippen LogP contribution in [0.3, 0.4) is 0 Å². The van der Waals surface area contributed by atoms with E-state index in [0.29, 0.717) is 29.4 Å². The van der Waals surface area contributed by atoms with Gasteiger partial charge in [0.15, 0.2) is 11.6 Å². The van der Waals surface area contributed by atoms with E-state index in [4.69, 9.17) is 4.74 Å². The molecule has 0 aliphatic carbocycles. The van der Waals surface area contributed by atoms with Crippen molar-refractivity contribution in [1.82, 2.24) is 14.9 Å². The molecule has 1 saturated heterocycles. The highest BCUT2D eigenvalue weighted by molar-refractivity contribution is 5.76. The highest BCUT2D eigenvalue weighted by Crippen LogP contribution is 2.23. The van der Waals surface area contributed by atoms with Gasteiger partial charge in [-0.3, -0.25) is 0 Å². The first-order valence-corrected chi connectivity index (χ1v) is 7.23. The average Bonchev–Trinajstić information content (AvgIpc) is 2.79. The van der Waals surface area contributed by atoms with Crippen molar-refractivity contribution in [2.45, 2.75) is 26.0 Å². The van der Waals surface area contributed by atoms with E-state index in [2.05, 4.69) is 10.3 Å². The van der Waals surface area contributed by atoms with E-state index in [-0.39, 0.29) is 0 Å². The molecule has 1 unspecified atom stereocenters. The van der Waals surface area contributed by atoms with Crippen molar-refractivity contribution in [2.75, 3.05) is 20.2 Å². The second-order valence-electron chi connectivity index (χ2n) is 5.54. The summed E-state index contributed by atoms with van der Waals surface area (Å²) >= 11 is 0. The van der Waals surface area contributed by atoms with E-state index in [1.807, 2.05) is 4.57 Å². The molecule has 1 N–H and O–H groups in total. The molecule has 0 amide bonds. The van der Waals surface area contributed by atoms with Crippen LogP contribution in [0.1, 0.15) is 18.7 Å². The quantitative estimate of drug-likeness (QED) is 0.942. The molecule has 3 rings (SSSR count). The Kier molecular flexibility index (Phi) is 4.17. The van der Waals surface area contributed by atoms with Crippen LogP contribution in [0.15, 0.2) is 12.1 Å². The maximum absolute atomic E-state index is 13.5. The number of benzene rings is 1. The molecule has 1 atom stereocenters. The van der Waals surface area contributed by atoms with E-state index in [1.54, 1.807) is 7.11 Å². The van der Waals surface area contributed by atoms with Crippen LogP contribution in [0.5, 0.6) is 0 Å². The molecule has 1 aromatic heterocycles. The predicted octanol–water partition coefficient (Wildman–Crippen LogP) is 2.46. The van der Waals surface area contributed by atoms with Crippen molar-refractivity contribution in [2.24, 2.45) is 5.92 Å². The van der Waals surface area contributed by atoms with Gasteiger partial charge in [-0.2, -0.15) is 0 Å². The van der Waals surface area contributed by atoms with E-state index in [1.165, 1.54) is 6.07 Å².